The molecule has 0 N–H and O–H groups in total. The summed E-state index contributed by atoms with van der Waals surface area (Å²) < 4.78 is 6.07. The topological polar surface area (TPSA) is 29.5 Å². The Labute approximate surface area is 176 Å². The van der Waals surface area contributed by atoms with Gasteiger partial charge in [-0.3, -0.25) is 4.79 Å². The lowest BCUT2D eigenvalue weighted by Crippen LogP contribution is -2.35. The van der Waals surface area contributed by atoms with Crippen LogP contribution < -0.4 is 9.64 Å². The molecule has 1 aliphatic heterocycles. The summed E-state index contributed by atoms with van der Waals surface area (Å²) >= 11 is 1.50. The third kappa shape index (κ3) is 4.08. The molecule has 0 atom stereocenters. The maximum Gasteiger partial charge on any atom is 0.268 e. The van der Waals surface area contributed by atoms with E-state index in [-0.39, 0.29) is 5.91 Å². The molecule has 29 heavy (non-hydrogen) atoms. The molecule has 4 rings (SSSR count). The van der Waals surface area contributed by atoms with Crippen LogP contribution in [0.15, 0.2) is 41.8 Å². The number of fused-ring (bicyclic) bond motifs is 1. The number of rotatable bonds is 4. The van der Waals surface area contributed by atoms with Gasteiger partial charge in [0.15, 0.2) is 0 Å². The standard InChI is InChI=1S/C25H27NO2S/c1-16-7-8-22-21(11-16)6-5-9-26(22)25(27)24-13-20(15-29-24)14-28-23-12-17(2)10-18(3)19(23)4/h7-8,10-13,15H,5-6,9,14H2,1-4H3. The molecule has 1 amide bonds. The molecule has 1 aliphatic rings. The maximum atomic E-state index is 13.2. The van der Waals surface area contributed by atoms with E-state index < -0.39 is 0 Å². The van der Waals surface area contributed by atoms with Crippen LogP contribution in [0.1, 0.15) is 49.5 Å². The van der Waals surface area contributed by atoms with Crippen LogP contribution in [0.2, 0.25) is 0 Å². The van der Waals surface area contributed by atoms with Crippen molar-refractivity contribution in [1.29, 1.82) is 0 Å². The highest BCUT2D eigenvalue weighted by atomic mass is 32.1. The minimum Gasteiger partial charge on any atom is -0.489 e. The van der Waals surface area contributed by atoms with Gasteiger partial charge in [-0.25, -0.2) is 0 Å². The molecule has 0 spiro atoms. The van der Waals surface area contributed by atoms with Crippen molar-refractivity contribution in [2.24, 2.45) is 0 Å². The number of thiophene rings is 1. The monoisotopic (exact) mass is 405 g/mol. The van der Waals surface area contributed by atoms with Gasteiger partial charge in [0.05, 0.1) is 4.88 Å². The van der Waals surface area contributed by atoms with Gasteiger partial charge in [-0.15, -0.1) is 11.3 Å². The first kappa shape index (κ1) is 19.7. The zero-order valence-corrected chi connectivity index (χ0v) is 18.4. The Hall–Kier alpha value is -2.59. The van der Waals surface area contributed by atoms with Crippen molar-refractivity contribution in [2.45, 2.75) is 47.1 Å². The Morgan fingerprint density at radius 3 is 2.72 bits per heavy atom. The number of hydrogen-bond acceptors (Lipinski definition) is 3. The van der Waals surface area contributed by atoms with E-state index in [2.05, 4.69) is 58.0 Å². The Balaban J connectivity index is 1.49. The van der Waals surface area contributed by atoms with Gasteiger partial charge in [0.2, 0.25) is 0 Å². The van der Waals surface area contributed by atoms with Crippen LogP contribution in [-0.4, -0.2) is 12.5 Å². The van der Waals surface area contributed by atoms with Gasteiger partial charge in [0, 0.05) is 17.8 Å². The molecule has 2 aromatic carbocycles. The van der Waals surface area contributed by atoms with E-state index in [0.29, 0.717) is 6.61 Å². The van der Waals surface area contributed by atoms with Crippen molar-refractivity contribution in [3.8, 4) is 5.75 Å². The second-order valence-electron chi connectivity index (χ2n) is 8.01. The molecule has 3 nitrogen and oxygen atoms in total. The largest absolute Gasteiger partial charge is 0.489 e. The molecule has 0 bridgehead atoms. The molecule has 150 valence electrons. The van der Waals surface area contributed by atoms with E-state index in [1.807, 2.05) is 16.3 Å². The van der Waals surface area contributed by atoms with Gasteiger partial charge < -0.3 is 9.64 Å². The number of benzene rings is 2. The van der Waals surface area contributed by atoms with Crippen molar-refractivity contribution in [3.05, 3.63) is 80.0 Å². The molecule has 0 fully saturated rings. The van der Waals surface area contributed by atoms with E-state index in [1.165, 1.54) is 39.2 Å². The predicted molar refractivity (Wildman–Crippen MR) is 120 cm³/mol. The molecule has 0 unspecified atom stereocenters. The Morgan fingerprint density at radius 2 is 1.90 bits per heavy atom. The Kier molecular flexibility index (Phi) is 5.46. The van der Waals surface area contributed by atoms with Crippen LogP contribution >= 0.6 is 11.3 Å². The van der Waals surface area contributed by atoms with Gasteiger partial charge >= 0.3 is 0 Å². The zero-order valence-electron chi connectivity index (χ0n) is 17.5. The molecular weight excluding hydrogens is 378 g/mol. The first-order chi connectivity index (χ1) is 13.9. The van der Waals surface area contributed by atoms with Crippen molar-refractivity contribution in [3.63, 3.8) is 0 Å². The van der Waals surface area contributed by atoms with Gasteiger partial charge in [0.1, 0.15) is 12.4 Å². The fourth-order valence-corrected chi connectivity index (χ4v) is 4.79. The maximum absolute atomic E-state index is 13.2. The first-order valence-corrected chi connectivity index (χ1v) is 11.0. The van der Waals surface area contributed by atoms with Crippen LogP contribution in [0.5, 0.6) is 5.75 Å². The Morgan fingerprint density at radius 1 is 1.07 bits per heavy atom. The second kappa shape index (κ2) is 8.03. The normalized spacial score (nSPS) is 13.3. The fourth-order valence-electron chi connectivity index (χ4n) is 3.95. The summed E-state index contributed by atoms with van der Waals surface area (Å²) in [5.41, 5.74) is 8.22. The van der Waals surface area contributed by atoms with Crippen molar-refractivity contribution in [1.82, 2.24) is 0 Å². The third-order valence-corrected chi connectivity index (χ3v) is 6.59. The van der Waals surface area contributed by atoms with Crippen LogP contribution in [0.4, 0.5) is 5.69 Å². The van der Waals surface area contributed by atoms with Crippen LogP contribution in [0, 0.1) is 27.7 Å². The smallest absolute Gasteiger partial charge is 0.268 e. The van der Waals surface area contributed by atoms with Crippen LogP contribution in [0.3, 0.4) is 0 Å². The lowest BCUT2D eigenvalue weighted by molar-refractivity contribution is 0.0989. The molecule has 4 heteroatoms. The van der Waals surface area contributed by atoms with E-state index in [4.69, 9.17) is 4.74 Å². The van der Waals surface area contributed by atoms with Crippen molar-refractivity contribution < 1.29 is 9.53 Å². The zero-order chi connectivity index (χ0) is 20.5. The number of hydrogen-bond donors (Lipinski definition) is 0. The molecular formula is C25H27NO2S. The summed E-state index contributed by atoms with van der Waals surface area (Å²) in [4.78, 5) is 15.9. The Bertz CT molecular complexity index is 1070. The van der Waals surface area contributed by atoms with E-state index in [9.17, 15) is 4.79 Å². The lowest BCUT2D eigenvalue weighted by Gasteiger charge is -2.29. The van der Waals surface area contributed by atoms with E-state index in [0.717, 1.165) is 41.3 Å². The highest BCUT2D eigenvalue weighted by Gasteiger charge is 2.24. The molecule has 3 aromatic rings. The summed E-state index contributed by atoms with van der Waals surface area (Å²) in [5, 5.41) is 2.03. The quantitative estimate of drug-likeness (QED) is 0.521. The predicted octanol–water partition coefficient (Wildman–Crippen LogP) is 6.15. The summed E-state index contributed by atoms with van der Waals surface area (Å²) in [7, 11) is 0. The number of carbonyl (C=O) groups excluding carboxylic acids is 1. The molecule has 0 aliphatic carbocycles. The minimum atomic E-state index is 0.0913. The summed E-state index contributed by atoms with van der Waals surface area (Å²) in [6.45, 7) is 9.63. The van der Waals surface area contributed by atoms with Gasteiger partial charge in [0.25, 0.3) is 5.91 Å². The van der Waals surface area contributed by atoms with Crippen LogP contribution in [-0.2, 0) is 13.0 Å². The molecule has 1 aromatic heterocycles. The van der Waals surface area contributed by atoms with Crippen LogP contribution in [0.25, 0.3) is 0 Å². The average molecular weight is 406 g/mol. The summed E-state index contributed by atoms with van der Waals surface area (Å²) in [5.74, 6) is 1.01. The molecule has 0 saturated heterocycles. The van der Waals surface area contributed by atoms with Crippen molar-refractivity contribution in [2.75, 3.05) is 11.4 Å². The highest BCUT2D eigenvalue weighted by molar-refractivity contribution is 7.12. The number of aryl methyl sites for hydroxylation is 4. The van der Waals surface area contributed by atoms with Gasteiger partial charge in [-0.1, -0.05) is 23.8 Å². The van der Waals surface area contributed by atoms with E-state index in [1.54, 1.807) is 0 Å². The fraction of sp³-hybridized carbons (Fsp3) is 0.320. The molecule has 2 heterocycles. The van der Waals surface area contributed by atoms with Crippen molar-refractivity contribution >= 4 is 22.9 Å². The van der Waals surface area contributed by atoms with E-state index >= 15 is 0 Å². The summed E-state index contributed by atoms with van der Waals surface area (Å²) in [6.07, 6.45) is 2.05. The summed E-state index contributed by atoms with van der Waals surface area (Å²) in [6, 6.07) is 12.6. The average Bonchev–Trinajstić information content (AvgIpc) is 3.17. The number of amides is 1. The number of anilines is 1. The minimum absolute atomic E-state index is 0.0913. The first-order valence-electron chi connectivity index (χ1n) is 10.1. The number of ether oxygens (including phenoxy) is 1. The molecule has 0 saturated carbocycles. The van der Waals surface area contributed by atoms with Gasteiger partial charge in [-0.05, 0) is 86.4 Å². The third-order valence-electron chi connectivity index (χ3n) is 5.62. The number of nitrogens with zero attached hydrogens (tertiary/aromatic N) is 1. The lowest BCUT2D eigenvalue weighted by atomic mass is 9.99. The number of carbonyl (C=O) groups is 1. The van der Waals surface area contributed by atoms with Gasteiger partial charge in [-0.2, -0.15) is 0 Å². The SMILES string of the molecule is Cc1ccc2c(c1)CCCN2C(=O)c1cc(COc2cc(C)cc(C)c2C)cs1. The highest BCUT2D eigenvalue weighted by Crippen LogP contribution is 2.31. The second-order valence-corrected chi connectivity index (χ2v) is 8.92. The molecule has 0 radical (unpaired) electrons.